The number of H-pyrrole nitrogens is 1. The first-order valence-electron chi connectivity index (χ1n) is 11.0. The van der Waals surface area contributed by atoms with Crippen LogP contribution in [-0.4, -0.2) is 58.1 Å². The number of unbranched alkanes of at least 4 members (excludes halogenated alkanes) is 1. The smallest absolute Gasteiger partial charge is 0.374 e. The summed E-state index contributed by atoms with van der Waals surface area (Å²) in [4.78, 5) is 53.4. The summed E-state index contributed by atoms with van der Waals surface area (Å²) in [5.41, 5.74) is 4.41. The monoisotopic (exact) mass is 488 g/mol. The third kappa shape index (κ3) is 6.26. The van der Waals surface area contributed by atoms with E-state index in [0.717, 1.165) is 11.3 Å². The lowest BCUT2D eigenvalue weighted by molar-refractivity contribution is -0.121. The number of carbonyl (C=O) groups is 2. The Morgan fingerprint density at radius 1 is 1.29 bits per heavy atom. The topological polar surface area (TPSA) is 168 Å². The van der Waals surface area contributed by atoms with Crippen LogP contribution in [0, 0.1) is 0 Å². The van der Waals surface area contributed by atoms with Crippen LogP contribution in [-0.2, 0) is 27.4 Å². The highest BCUT2D eigenvalue weighted by Crippen LogP contribution is 2.18. The molecule has 0 aliphatic carbocycles. The summed E-state index contributed by atoms with van der Waals surface area (Å²) >= 11 is 0. The molecule has 0 radical (unpaired) electrons. The van der Waals surface area contributed by atoms with Crippen LogP contribution in [0.1, 0.15) is 36.1 Å². The maximum atomic E-state index is 13.0. The first-order valence-corrected chi connectivity index (χ1v) is 11.0. The fourth-order valence-electron chi connectivity index (χ4n) is 3.32. The molecule has 0 aliphatic heterocycles. The van der Waals surface area contributed by atoms with E-state index in [-0.39, 0.29) is 37.0 Å². The number of nitrogens with one attached hydrogen (secondary N) is 1. The number of methoxy groups -OCH3 is 1. The van der Waals surface area contributed by atoms with Gasteiger partial charge in [-0.2, -0.15) is 5.10 Å². The fourth-order valence-corrected chi connectivity index (χ4v) is 3.32. The van der Waals surface area contributed by atoms with Gasteiger partial charge in [-0.25, -0.2) is 9.59 Å². The molecule has 0 aromatic carbocycles. The van der Waals surface area contributed by atoms with Gasteiger partial charge in [0.2, 0.25) is 5.76 Å². The van der Waals surface area contributed by atoms with Crippen molar-refractivity contribution in [2.24, 2.45) is 0 Å². The Bertz CT molecular complexity index is 1260. The molecule has 0 bridgehead atoms. The van der Waals surface area contributed by atoms with E-state index in [1.165, 1.54) is 17.7 Å². The second-order valence-electron chi connectivity index (χ2n) is 7.58. The second kappa shape index (κ2) is 11.8. The molecule has 188 valence electrons. The highest BCUT2D eigenvalue weighted by atomic mass is 16.5. The molecule has 0 fully saturated rings. The lowest BCUT2D eigenvalue weighted by atomic mass is 10.3. The Labute approximate surface area is 200 Å². The quantitative estimate of drug-likeness (QED) is 0.347. The third-order valence-corrected chi connectivity index (χ3v) is 5.11. The number of esters is 1. The van der Waals surface area contributed by atoms with Crippen molar-refractivity contribution in [1.82, 2.24) is 19.3 Å². The van der Waals surface area contributed by atoms with E-state index in [1.54, 1.807) is 29.2 Å². The summed E-state index contributed by atoms with van der Waals surface area (Å²) in [6.07, 6.45) is 4.79. The van der Waals surface area contributed by atoms with Gasteiger partial charge in [0.1, 0.15) is 11.6 Å². The molecule has 13 heteroatoms. The van der Waals surface area contributed by atoms with E-state index in [0.29, 0.717) is 18.7 Å². The van der Waals surface area contributed by atoms with Crippen molar-refractivity contribution in [2.45, 2.75) is 32.9 Å². The van der Waals surface area contributed by atoms with Gasteiger partial charge in [-0.3, -0.25) is 28.7 Å². The molecule has 1 amide bonds. The van der Waals surface area contributed by atoms with Gasteiger partial charge in [-0.1, -0.05) is 13.3 Å². The van der Waals surface area contributed by atoms with Gasteiger partial charge >= 0.3 is 11.7 Å². The predicted octanol–water partition coefficient (Wildman–Crippen LogP) is 0.593. The van der Waals surface area contributed by atoms with Gasteiger partial charge in [0, 0.05) is 32.6 Å². The van der Waals surface area contributed by atoms with Crippen LogP contribution in [0.5, 0.6) is 0 Å². The van der Waals surface area contributed by atoms with E-state index >= 15 is 0 Å². The number of nitrogens with two attached hydrogens (primary N) is 1. The van der Waals surface area contributed by atoms with Crippen molar-refractivity contribution in [3.05, 3.63) is 63.0 Å². The first-order chi connectivity index (χ1) is 16.8. The Morgan fingerprint density at radius 3 is 2.77 bits per heavy atom. The number of hydrogen-bond donors (Lipinski definition) is 2. The van der Waals surface area contributed by atoms with Crippen LogP contribution >= 0.6 is 0 Å². The number of hydrogen-bond acceptors (Lipinski definition) is 9. The average Bonchev–Trinajstić information content (AvgIpc) is 3.52. The molecule has 0 unspecified atom stereocenters. The zero-order chi connectivity index (χ0) is 25.4. The van der Waals surface area contributed by atoms with Crippen molar-refractivity contribution in [1.29, 1.82) is 0 Å². The van der Waals surface area contributed by atoms with E-state index in [1.807, 2.05) is 6.92 Å². The lowest BCUT2D eigenvalue weighted by Crippen LogP contribution is -2.44. The fraction of sp³-hybridized carbons (Fsp3) is 0.409. The Balaban J connectivity index is 1.75. The molecule has 3 N–H and O–H groups in total. The molecule has 3 rings (SSSR count). The Hall–Kier alpha value is -4.13. The number of ether oxygens (including phenoxy) is 2. The van der Waals surface area contributed by atoms with Crippen molar-refractivity contribution in [2.75, 3.05) is 37.5 Å². The SMILES string of the molecule is CCCCn1c(N)c(N(CCOC)C(=O)COC(=O)c2ccc(Cn3cccn3)o2)c(=O)[nH]c1=O. The molecule has 35 heavy (non-hydrogen) atoms. The zero-order valence-electron chi connectivity index (χ0n) is 19.6. The van der Waals surface area contributed by atoms with E-state index < -0.39 is 29.7 Å². The maximum absolute atomic E-state index is 13.0. The molecule has 0 saturated carbocycles. The largest absolute Gasteiger partial charge is 0.452 e. The summed E-state index contributed by atoms with van der Waals surface area (Å²) in [7, 11) is 1.43. The molecule has 3 heterocycles. The number of rotatable bonds is 12. The van der Waals surface area contributed by atoms with Gasteiger partial charge < -0.3 is 19.6 Å². The number of nitrogen functional groups attached to an aromatic ring is 1. The van der Waals surface area contributed by atoms with Gasteiger partial charge in [0.05, 0.1) is 13.2 Å². The van der Waals surface area contributed by atoms with Crippen molar-refractivity contribution in [3.8, 4) is 0 Å². The number of aromatic amines is 1. The van der Waals surface area contributed by atoms with Crippen LogP contribution in [0.2, 0.25) is 0 Å². The van der Waals surface area contributed by atoms with Crippen molar-refractivity contribution >= 4 is 23.4 Å². The second-order valence-corrected chi connectivity index (χ2v) is 7.58. The minimum Gasteiger partial charge on any atom is -0.452 e. The van der Waals surface area contributed by atoms with Gasteiger partial charge in [0.15, 0.2) is 12.3 Å². The molecular weight excluding hydrogens is 460 g/mol. The van der Waals surface area contributed by atoms with Crippen molar-refractivity contribution in [3.63, 3.8) is 0 Å². The molecule has 3 aromatic heterocycles. The number of anilines is 2. The molecule has 0 aliphatic rings. The van der Waals surface area contributed by atoms with E-state index in [4.69, 9.17) is 19.6 Å². The summed E-state index contributed by atoms with van der Waals surface area (Å²) in [6.45, 7) is 1.86. The minimum absolute atomic E-state index is 0.0546. The Kier molecular flexibility index (Phi) is 8.62. The molecule has 13 nitrogen and oxygen atoms in total. The van der Waals surface area contributed by atoms with Crippen LogP contribution in [0.3, 0.4) is 0 Å². The van der Waals surface area contributed by atoms with Gasteiger partial charge in [0.25, 0.3) is 11.5 Å². The van der Waals surface area contributed by atoms with Gasteiger partial charge in [-0.15, -0.1) is 0 Å². The molecule has 0 spiro atoms. The number of amides is 1. The standard InChI is InChI=1S/C22H28N6O7/c1-3-4-10-28-19(23)18(20(30)25-22(28)32)27(11-12-33-2)17(29)14-34-21(31)16-7-6-15(35-16)13-26-9-5-8-24-26/h5-9H,3-4,10-14,23H2,1-2H3,(H,25,30,32). The summed E-state index contributed by atoms with van der Waals surface area (Å²) in [5, 5.41) is 4.06. The minimum atomic E-state index is -0.855. The number of furan rings is 1. The summed E-state index contributed by atoms with van der Waals surface area (Å²) < 4.78 is 18.4. The summed E-state index contributed by atoms with van der Waals surface area (Å²) in [6, 6.07) is 4.79. The first kappa shape index (κ1) is 25.5. The molecular formula is C22H28N6O7. The highest BCUT2D eigenvalue weighted by Gasteiger charge is 2.25. The number of aromatic nitrogens is 4. The number of nitrogens with zero attached hydrogens (tertiary/aromatic N) is 4. The predicted molar refractivity (Wildman–Crippen MR) is 125 cm³/mol. The third-order valence-electron chi connectivity index (χ3n) is 5.11. The van der Waals surface area contributed by atoms with Crippen LogP contribution in [0.15, 0.2) is 44.6 Å². The lowest BCUT2D eigenvalue weighted by Gasteiger charge is -2.24. The number of carbonyl (C=O) groups excluding carboxylic acids is 2. The summed E-state index contributed by atoms with van der Waals surface area (Å²) in [5.74, 6) is -1.35. The van der Waals surface area contributed by atoms with Crippen LogP contribution in [0.25, 0.3) is 0 Å². The molecule has 3 aromatic rings. The highest BCUT2D eigenvalue weighted by molar-refractivity contribution is 5.98. The van der Waals surface area contributed by atoms with Crippen LogP contribution in [0.4, 0.5) is 11.5 Å². The van der Waals surface area contributed by atoms with E-state index in [9.17, 15) is 19.2 Å². The average molecular weight is 489 g/mol. The molecule has 0 saturated heterocycles. The maximum Gasteiger partial charge on any atom is 0.374 e. The Morgan fingerprint density at radius 2 is 2.09 bits per heavy atom. The normalized spacial score (nSPS) is 10.9. The zero-order valence-corrected chi connectivity index (χ0v) is 19.6. The van der Waals surface area contributed by atoms with E-state index in [2.05, 4.69) is 10.1 Å². The van der Waals surface area contributed by atoms with Gasteiger partial charge in [-0.05, 0) is 24.6 Å². The van der Waals surface area contributed by atoms with Crippen LogP contribution < -0.4 is 21.9 Å². The van der Waals surface area contributed by atoms with Crippen molar-refractivity contribution < 1.29 is 23.5 Å². The molecule has 0 atom stereocenters.